The van der Waals surface area contributed by atoms with Crippen molar-refractivity contribution >= 4 is 17.6 Å². The van der Waals surface area contributed by atoms with Gasteiger partial charge in [0, 0.05) is 0 Å². The maximum atomic E-state index is 14.5. The number of methoxy groups -OCH3 is 1. The summed E-state index contributed by atoms with van der Waals surface area (Å²) >= 11 is 6.03. The number of hydrogen-bond donors (Lipinski definition) is 0. The van der Waals surface area contributed by atoms with Gasteiger partial charge in [0.25, 0.3) is 0 Å². The summed E-state index contributed by atoms with van der Waals surface area (Å²) in [6, 6.07) is 8.29. The van der Waals surface area contributed by atoms with E-state index < -0.39 is 57.7 Å². The van der Waals surface area contributed by atoms with Crippen molar-refractivity contribution in [1.29, 1.82) is 0 Å². The average Bonchev–Trinajstić information content (AvgIpc) is 3.38. The van der Waals surface area contributed by atoms with Gasteiger partial charge in [0.15, 0.2) is 11.5 Å². The van der Waals surface area contributed by atoms with Crippen LogP contribution in [0.4, 0.5) is 22.0 Å². The van der Waals surface area contributed by atoms with E-state index in [4.69, 9.17) is 16.1 Å². The summed E-state index contributed by atoms with van der Waals surface area (Å²) in [5.41, 5.74) is -4.12. The molecule has 2 heterocycles. The number of esters is 1. The lowest BCUT2D eigenvalue weighted by Crippen LogP contribution is -2.16. The topological polar surface area (TPSA) is 70.2 Å². The Kier molecular flexibility index (Phi) is 5.66. The third kappa shape index (κ3) is 3.84. The Balaban J connectivity index is 2.02. The molecule has 0 saturated heterocycles. The van der Waals surface area contributed by atoms with Crippen LogP contribution in [-0.4, -0.2) is 28.0 Å². The Hall–Kier alpha value is -3.73. The van der Waals surface area contributed by atoms with E-state index in [-0.39, 0.29) is 10.6 Å². The highest BCUT2D eigenvalue weighted by atomic mass is 35.5. The lowest BCUT2D eigenvalue weighted by Gasteiger charge is -2.13. The van der Waals surface area contributed by atoms with Crippen LogP contribution in [0.2, 0.25) is 5.02 Å². The number of alkyl halides is 3. The molecule has 0 radical (unpaired) electrons. The van der Waals surface area contributed by atoms with Gasteiger partial charge in [-0.3, -0.25) is 0 Å². The van der Waals surface area contributed by atoms with Gasteiger partial charge in [-0.2, -0.15) is 18.3 Å². The Morgan fingerprint density at radius 3 is 2.42 bits per heavy atom. The number of para-hydroxylation sites is 1. The van der Waals surface area contributed by atoms with Crippen LogP contribution in [0.5, 0.6) is 0 Å². The summed E-state index contributed by atoms with van der Waals surface area (Å²) < 4.78 is 81.0. The first kappa shape index (κ1) is 22.5. The van der Waals surface area contributed by atoms with E-state index in [0.717, 1.165) is 31.5 Å². The molecule has 0 aliphatic heterocycles. The van der Waals surface area contributed by atoms with Gasteiger partial charge in [0.05, 0.1) is 29.5 Å². The van der Waals surface area contributed by atoms with Crippen molar-refractivity contribution in [3.05, 3.63) is 76.6 Å². The number of hydrogen-bond acceptors (Lipinski definition) is 5. The van der Waals surface area contributed by atoms with Crippen LogP contribution in [0.15, 0.2) is 53.2 Å². The largest absolute Gasteiger partial charge is 0.465 e. The summed E-state index contributed by atoms with van der Waals surface area (Å²) in [5, 5.41) is 7.08. The molecular formula is C21H11ClF5N3O3. The highest BCUT2D eigenvalue weighted by molar-refractivity contribution is 6.33. The van der Waals surface area contributed by atoms with Crippen LogP contribution in [-0.2, 0) is 10.9 Å². The maximum Gasteiger partial charge on any atom is 0.434 e. The Bertz CT molecular complexity index is 1340. The number of nitrogens with zero attached hydrogens (tertiary/aromatic N) is 3. The van der Waals surface area contributed by atoms with Crippen molar-refractivity contribution in [3.8, 4) is 28.3 Å². The smallest absolute Gasteiger partial charge is 0.434 e. The zero-order chi connectivity index (χ0) is 23.9. The van der Waals surface area contributed by atoms with Gasteiger partial charge in [0.2, 0.25) is 0 Å². The quantitative estimate of drug-likeness (QED) is 0.266. The third-order valence-corrected chi connectivity index (χ3v) is 4.96. The highest BCUT2D eigenvalue weighted by Crippen LogP contribution is 2.43. The summed E-state index contributed by atoms with van der Waals surface area (Å²) in [6.07, 6.45) is -4.33. The molecule has 6 nitrogen and oxygen atoms in total. The van der Waals surface area contributed by atoms with E-state index in [2.05, 4.69) is 15.0 Å². The molecule has 0 unspecified atom stereocenters. The van der Waals surface area contributed by atoms with Crippen molar-refractivity contribution in [2.75, 3.05) is 7.11 Å². The number of carbonyl (C=O) groups is 1. The van der Waals surface area contributed by atoms with Gasteiger partial charge in [-0.05, 0) is 24.3 Å². The zero-order valence-electron chi connectivity index (χ0n) is 16.5. The Morgan fingerprint density at radius 2 is 1.79 bits per heavy atom. The standard InChI is InChI=1S/C21H11ClF5N3O3/c1-32-20(31)16-17(15-11(22)5-4-7-13(15)24)29-33-18(16)10-9-28-30(19(10)21(25,26)27)14-8-3-2-6-12(14)23/h2-9H,1H3. The Labute approximate surface area is 187 Å². The summed E-state index contributed by atoms with van der Waals surface area (Å²) in [5.74, 6) is -3.73. The van der Waals surface area contributed by atoms with Crippen LogP contribution in [0.3, 0.4) is 0 Å². The van der Waals surface area contributed by atoms with E-state index in [1.165, 1.54) is 24.3 Å². The normalized spacial score (nSPS) is 11.6. The van der Waals surface area contributed by atoms with Gasteiger partial charge in [-0.1, -0.05) is 35.0 Å². The van der Waals surface area contributed by atoms with Crippen molar-refractivity contribution in [2.24, 2.45) is 0 Å². The van der Waals surface area contributed by atoms with E-state index >= 15 is 0 Å². The van der Waals surface area contributed by atoms with E-state index in [9.17, 15) is 26.7 Å². The van der Waals surface area contributed by atoms with Crippen LogP contribution in [0.25, 0.3) is 28.3 Å². The molecule has 0 N–H and O–H groups in total. The first-order valence-corrected chi connectivity index (χ1v) is 9.45. The van der Waals surface area contributed by atoms with Crippen LogP contribution >= 0.6 is 11.6 Å². The van der Waals surface area contributed by atoms with Gasteiger partial charge in [0.1, 0.15) is 28.6 Å². The van der Waals surface area contributed by atoms with Crippen molar-refractivity contribution < 1.29 is 36.0 Å². The van der Waals surface area contributed by atoms with Crippen LogP contribution in [0, 0.1) is 11.6 Å². The second kappa shape index (κ2) is 8.32. The molecule has 0 saturated carbocycles. The number of aromatic nitrogens is 3. The van der Waals surface area contributed by atoms with E-state index in [0.29, 0.717) is 4.68 Å². The number of halogens is 6. The van der Waals surface area contributed by atoms with Crippen molar-refractivity contribution in [1.82, 2.24) is 14.9 Å². The van der Waals surface area contributed by atoms with Crippen LogP contribution in [0.1, 0.15) is 16.1 Å². The van der Waals surface area contributed by atoms with Crippen molar-refractivity contribution in [2.45, 2.75) is 6.18 Å². The third-order valence-electron chi connectivity index (χ3n) is 4.64. The van der Waals surface area contributed by atoms with Gasteiger partial charge < -0.3 is 9.26 Å². The number of rotatable bonds is 4. The number of ether oxygens (including phenoxy) is 1. The molecular weight excluding hydrogens is 473 g/mol. The van der Waals surface area contributed by atoms with Crippen LogP contribution < -0.4 is 0 Å². The molecule has 12 heteroatoms. The highest BCUT2D eigenvalue weighted by Gasteiger charge is 2.42. The maximum absolute atomic E-state index is 14.5. The molecule has 33 heavy (non-hydrogen) atoms. The summed E-state index contributed by atoms with van der Waals surface area (Å²) in [6.45, 7) is 0. The minimum absolute atomic E-state index is 0.168. The number of carbonyl (C=O) groups excluding carboxylic acids is 1. The first-order valence-electron chi connectivity index (χ1n) is 9.08. The summed E-state index contributed by atoms with van der Waals surface area (Å²) in [4.78, 5) is 12.5. The molecule has 0 amide bonds. The Morgan fingerprint density at radius 1 is 1.09 bits per heavy atom. The predicted octanol–water partition coefficient (Wildman–Crippen LogP) is 5.93. The molecule has 0 bridgehead atoms. The molecule has 2 aromatic heterocycles. The van der Waals surface area contributed by atoms with E-state index in [1.807, 2.05) is 0 Å². The van der Waals surface area contributed by atoms with Gasteiger partial charge in [-0.15, -0.1) is 0 Å². The number of benzene rings is 2. The molecule has 170 valence electrons. The second-order valence-corrected chi connectivity index (χ2v) is 7.00. The fraction of sp³-hybridized carbons (Fsp3) is 0.0952. The molecule has 4 aromatic rings. The SMILES string of the molecule is COC(=O)c1c(-c2c(F)cccc2Cl)noc1-c1cnn(-c2ccccc2F)c1C(F)(F)F. The lowest BCUT2D eigenvalue weighted by molar-refractivity contribution is -0.142. The fourth-order valence-electron chi connectivity index (χ4n) is 3.25. The van der Waals surface area contributed by atoms with Crippen molar-refractivity contribution in [3.63, 3.8) is 0 Å². The predicted molar refractivity (Wildman–Crippen MR) is 106 cm³/mol. The molecule has 0 spiro atoms. The molecule has 2 aromatic carbocycles. The summed E-state index contributed by atoms with van der Waals surface area (Å²) in [7, 11) is 0.972. The molecule has 0 aliphatic rings. The van der Waals surface area contributed by atoms with Gasteiger partial charge >= 0.3 is 12.1 Å². The molecule has 0 fully saturated rings. The molecule has 0 atom stereocenters. The molecule has 0 aliphatic carbocycles. The monoisotopic (exact) mass is 483 g/mol. The first-order chi connectivity index (χ1) is 15.6. The minimum atomic E-state index is -5.07. The van der Waals surface area contributed by atoms with Gasteiger partial charge in [-0.25, -0.2) is 18.3 Å². The average molecular weight is 484 g/mol. The fourth-order valence-corrected chi connectivity index (χ4v) is 3.51. The molecule has 4 rings (SSSR count). The lowest BCUT2D eigenvalue weighted by atomic mass is 10.0. The minimum Gasteiger partial charge on any atom is -0.465 e. The second-order valence-electron chi connectivity index (χ2n) is 6.59. The zero-order valence-corrected chi connectivity index (χ0v) is 17.2. The van der Waals surface area contributed by atoms with E-state index in [1.54, 1.807) is 0 Å².